The number of carbonyl (C=O) groups excluding carboxylic acids is 1. The maximum absolute atomic E-state index is 12.6. The molecule has 0 atom stereocenters. The van der Waals surface area contributed by atoms with Gasteiger partial charge in [-0.05, 0) is 31.9 Å². The van der Waals surface area contributed by atoms with Gasteiger partial charge in [-0.3, -0.25) is 19.7 Å². The maximum atomic E-state index is 12.6. The fourth-order valence-electron chi connectivity index (χ4n) is 2.60. The molecule has 1 N–H and O–H groups in total. The van der Waals surface area contributed by atoms with Crippen molar-refractivity contribution in [2.45, 2.75) is 19.8 Å². The second kappa shape index (κ2) is 7.08. The SMILES string of the molecule is CCOc1ccc([N+](=O)[O-])c(C(=O)N2CCC(C(=O)O)CC2)c1. The average molecular weight is 322 g/mol. The van der Waals surface area contributed by atoms with Crippen molar-refractivity contribution < 1.29 is 24.4 Å². The number of piperidine rings is 1. The van der Waals surface area contributed by atoms with Crippen LogP contribution in [-0.4, -0.2) is 46.5 Å². The summed E-state index contributed by atoms with van der Waals surface area (Å²) in [6, 6.07) is 4.07. The Hall–Kier alpha value is -2.64. The van der Waals surface area contributed by atoms with Crippen molar-refractivity contribution in [3.8, 4) is 5.75 Å². The molecule has 1 saturated heterocycles. The van der Waals surface area contributed by atoms with Gasteiger partial charge in [0, 0.05) is 19.2 Å². The zero-order valence-electron chi connectivity index (χ0n) is 12.7. The van der Waals surface area contributed by atoms with Crippen LogP contribution < -0.4 is 4.74 Å². The van der Waals surface area contributed by atoms with Crippen LogP contribution in [0.2, 0.25) is 0 Å². The van der Waals surface area contributed by atoms with Crippen LogP contribution in [0.15, 0.2) is 18.2 Å². The van der Waals surface area contributed by atoms with Crippen molar-refractivity contribution in [2.75, 3.05) is 19.7 Å². The lowest BCUT2D eigenvalue weighted by atomic mass is 9.96. The number of hydrogen-bond donors (Lipinski definition) is 1. The van der Waals surface area contributed by atoms with E-state index in [1.807, 2.05) is 0 Å². The summed E-state index contributed by atoms with van der Waals surface area (Å²) < 4.78 is 5.30. The van der Waals surface area contributed by atoms with E-state index in [0.29, 0.717) is 25.2 Å². The molecule has 0 aromatic heterocycles. The lowest BCUT2D eigenvalue weighted by molar-refractivity contribution is -0.385. The summed E-state index contributed by atoms with van der Waals surface area (Å²) in [5.74, 6) is -1.42. The molecule has 1 aromatic rings. The van der Waals surface area contributed by atoms with Crippen molar-refractivity contribution >= 4 is 17.6 Å². The van der Waals surface area contributed by atoms with Gasteiger partial charge in [-0.2, -0.15) is 0 Å². The third-order valence-corrected chi connectivity index (χ3v) is 3.84. The molecule has 124 valence electrons. The van der Waals surface area contributed by atoms with E-state index in [4.69, 9.17) is 9.84 Å². The molecule has 23 heavy (non-hydrogen) atoms. The van der Waals surface area contributed by atoms with Gasteiger partial charge in [-0.25, -0.2) is 0 Å². The van der Waals surface area contributed by atoms with Crippen molar-refractivity contribution in [1.29, 1.82) is 0 Å². The largest absolute Gasteiger partial charge is 0.494 e. The normalized spacial score (nSPS) is 15.3. The van der Waals surface area contributed by atoms with E-state index in [0.717, 1.165) is 0 Å². The summed E-state index contributed by atoms with van der Waals surface area (Å²) in [5.41, 5.74) is -0.312. The van der Waals surface area contributed by atoms with Gasteiger partial charge in [0.15, 0.2) is 0 Å². The zero-order chi connectivity index (χ0) is 17.0. The minimum atomic E-state index is -0.874. The molecule has 1 aliphatic heterocycles. The van der Waals surface area contributed by atoms with Crippen LogP contribution in [0.3, 0.4) is 0 Å². The van der Waals surface area contributed by atoms with E-state index in [9.17, 15) is 19.7 Å². The fourth-order valence-corrected chi connectivity index (χ4v) is 2.60. The Balaban J connectivity index is 2.22. The van der Waals surface area contributed by atoms with Gasteiger partial charge in [0.2, 0.25) is 0 Å². The molecular formula is C15H18N2O6. The molecule has 2 rings (SSSR count). The van der Waals surface area contributed by atoms with Gasteiger partial charge in [-0.15, -0.1) is 0 Å². The van der Waals surface area contributed by atoms with E-state index in [2.05, 4.69) is 0 Å². The smallest absolute Gasteiger partial charge is 0.306 e. The number of benzene rings is 1. The molecule has 1 amide bonds. The third kappa shape index (κ3) is 3.77. The summed E-state index contributed by atoms with van der Waals surface area (Å²) in [4.78, 5) is 35.5. The molecule has 8 nitrogen and oxygen atoms in total. The number of carboxylic acids is 1. The maximum Gasteiger partial charge on any atom is 0.306 e. The van der Waals surface area contributed by atoms with E-state index < -0.39 is 22.7 Å². The number of aliphatic carboxylic acids is 1. The van der Waals surface area contributed by atoms with Gasteiger partial charge in [0.1, 0.15) is 11.3 Å². The highest BCUT2D eigenvalue weighted by atomic mass is 16.6. The molecule has 0 spiro atoms. The number of carboxylic acid groups (broad SMARTS) is 1. The highest BCUT2D eigenvalue weighted by Gasteiger charge is 2.30. The van der Waals surface area contributed by atoms with Crippen LogP contribution in [0.1, 0.15) is 30.1 Å². The quantitative estimate of drug-likeness (QED) is 0.655. The van der Waals surface area contributed by atoms with Gasteiger partial charge >= 0.3 is 5.97 Å². The van der Waals surface area contributed by atoms with Crippen LogP contribution in [0.4, 0.5) is 5.69 Å². The Labute approximate surface area is 132 Å². The first kappa shape index (κ1) is 16.7. The lowest BCUT2D eigenvalue weighted by Crippen LogP contribution is -2.40. The first-order chi connectivity index (χ1) is 10.9. The summed E-state index contributed by atoms with van der Waals surface area (Å²) in [7, 11) is 0. The molecule has 0 saturated carbocycles. The Morgan fingerprint density at radius 1 is 1.39 bits per heavy atom. The first-order valence-electron chi connectivity index (χ1n) is 7.37. The van der Waals surface area contributed by atoms with E-state index >= 15 is 0 Å². The highest BCUT2D eigenvalue weighted by molar-refractivity contribution is 5.98. The number of hydrogen-bond acceptors (Lipinski definition) is 5. The number of nitrogens with zero attached hydrogens (tertiary/aromatic N) is 2. The molecule has 0 aliphatic carbocycles. The van der Waals surface area contributed by atoms with Crippen LogP contribution in [0, 0.1) is 16.0 Å². The Morgan fingerprint density at radius 2 is 2.04 bits per heavy atom. The predicted molar refractivity (Wildman–Crippen MR) is 80.5 cm³/mol. The van der Waals surface area contributed by atoms with Crippen LogP contribution in [0.25, 0.3) is 0 Å². The monoisotopic (exact) mass is 322 g/mol. The molecule has 1 aliphatic rings. The summed E-state index contributed by atoms with van der Waals surface area (Å²) in [5, 5.41) is 20.1. The van der Waals surface area contributed by atoms with Crippen LogP contribution >= 0.6 is 0 Å². The predicted octanol–water partition coefficient (Wildman–Crippen LogP) is 1.93. The first-order valence-corrected chi connectivity index (χ1v) is 7.37. The van der Waals surface area contributed by atoms with Crippen molar-refractivity contribution in [3.05, 3.63) is 33.9 Å². The van der Waals surface area contributed by atoms with Gasteiger partial charge < -0.3 is 14.7 Å². The number of amides is 1. The van der Waals surface area contributed by atoms with Crippen molar-refractivity contribution in [3.63, 3.8) is 0 Å². The van der Waals surface area contributed by atoms with Gasteiger partial charge in [0.25, 0.3) is 11.6 Å². The molecule has 0 unspecified atom stereocenters. The van der Waals surface area contributed by atoms with Gasteiger partial charge in [-0.1, -0.05) is 0 Å². The minimum absolute atomic E-state index is 0.0327. The summed E-state index contributed by atoms with van der Waals surface area (Å²) in [6.07, 6.45) is 0.694. The van der Waals surface area contributed by atoms with Crippen molar-refractivity contribution in [2.24, 2.45) is 5.92 Å². The molecule has 1 aromatic carbocycles. The average Bonchev–Trinajstić information content (AvgIpc) is 2.54. The molecule has 8 heteroatoms. The Kier molecular flexibility index (Phi) is 5.15. The summed E-state index contributed by atoms with van der Waals surface area (Å²) >= 11 is 0. The summed E-state index contributed by atoms with van der Waals surface area (Å²) in [6.45, 7) is 2.70. The van der Waals surface area contributed by atoms with E-state index in [1.165, 1.54) is 23.1 Å². The number of ether oxygens (including phenoxy) is 1. The molecule has 1 heterocycles. The Bertz CT molecular complexity index is 622. The second-order valence-corrected chi connectivity index (χ2v) is 5.27. The molecule has 0 radical (unpaired) electrons. The topological polar surface area (TPSA) is 110 Å². The van der Waals surface area contributed by atoms with Crippen LogP contribution in [0.5, 0.6) is 5.75 Å². The van der Waals surface area contributed by atoms with E-state index in [1.54, 1.807) is 6.92 Å². The standard InChI is InChI=1S/C15H18N2O6/c1-2-23-11-3-4-13(17(21)22)12(9-11)14(18)16-7-5-10(6-8-16)15(19)20/h3-4,9-10H,2,5-8H2,1H3,(H,19,20). The van der Waals surface area contributed by atoms with E-state index in [-0.39, 0.29) is 24.3 Å². The molecule has 1 fully saturated rings. The zero-order valence-corrected chi connectivity index (χ0v) is 12.7. The fraction of sp³-hybridized carbons (Fsp3) is 0.467. The number of nitro benzene ring substituents is 1. The number of carbonyl (C=O) groups is 2. The molecular weight excluding hydrogens is 304 g/mol. The minimum Gasteiger partial charge on any atom is -0.494 e. The van der Waals surface area contributed by atoms with Crippen LogP contribution in [-0.2, 0) is 4.79 Å². The van der Waals surface area contributed by atoms with Gasteiger partial charge in [0.05, 0.1) is 17.4 Å². The third-order valence-electron chi connectivity index (χ3n) is 3.84. The second-order valence-electron chi connectivity index (χ2n) is 5.27. The van der Waals surface area contributed by atoms with Crippen molar-refractivity contribution in [1.82, 2.24) is 4.90 Å². The number of nitro groups is 1. The number of likely N-dealkylation sites (tertiary alicyclic amines) is 1. The number of rotatable bonds is 5. The lowest BCUT2D eigenvalue weighted by Gasteiger charge is -2.30. The highest BCUT2D eigenvalue weighted by Crippen LogP contribution is 2.27. The molecule has 0 bridgehead atoms. The Morgan fingerprint density at radius 3 is 2.57 bits per heavy atom.